The molecule has 2 atom stereocenters. The number of benzene rings is 1. The van der Waals surface area contributed by atoms with Crippen molar-refractivity contribution < 1.29 is 23.5 Å². The monoisotopic (exact) mass is 369 g/mol. The molecule has 0 bridgehead atoms. The van der Waals surface area contributed by atoms with Gasteiger partial charge in [0.25, 0.3) is 5.91 Å². The number of likely N-dealkylation sites (tertiary alicyclic amines) is 1. The van der Waals surface area contributed by atoms with Gasteiger partial charge < -0.3 is 19.7 Å². The molecule has 2 aromatic heterocycles. The average molecular weight is 369 g/mol. The summed E-state index contributed by atoms with van der Waals surface area (Å²) in [4.78, 5) is 28.6. The lowest BCUT2D eigenvalue weighted by Gasteiger charge is -2.14. The molecular formula is C19H16FN3O4. The van der Waals surface area contributed by atoms with Crippen molar-refractivity contribution in [2.45, 2.75) is 12.2 Å². The number of nitrogens with zero attached hydrogens (tertiary/aromatic N) is 2. The minimum Gasteiger partial charge on any atom is -0.465 e. The molecule has 1 aliphatic heterocycles. The zero-order valence-electron chi connectivity index (χ0n) is 14.1. The normalized spacial score (nSPS) is 19.4. The number of carbonyl (C=O) groups is 2. The van der Waals surface area contributed by atoms with E-state index in [0.29, 0.717) is 5.56 Å². The molecule has 8 heteroatoms. The number of furan rings is 1. The maximum atomic E-state index is 13.9. The number of hydrogen-bond acceptors (Lipinski definition) is 4. The lowest BCUT2D eigenvalue weighted by atomic mass is 10.1. The van der Waals surface area contributed by atoms with Gasteiger partial charge in [-0.2, -0.15) is 0 Å². The molecule has 0 radical (unpaired) electrons. The van der Waals surface area contributed by atoms with E-state index in [2.05, 4.69) is 10.3 Å². The van der Waals surface area contributed by atoms with Gasteiger partial charge in [-0.25, -0.2) is 9.18 Å². The standard InChI is InChI=1S/C19H16FN3O4/c20-14-9-23(19(25)26)10-15(14)22-18(24)12-3-1-11(2-4-12)17-13-6-8-27-16(13)5-7-21-17/h1-8,14-15H,9-10H2,(H,22,24)(H,25,26)/t14-,15+/m0/s1. The van der Waals surface area contributed by atoms with Crippen LogP contribution in [0.3, 0.4) is 0 Å². The third-order valence-electron chi connectivity index (χ3n) is 4.64. The van der Waals surface area contributed by atoms with Gasteiger partial charge in [-0.05, 0) is 24.3 Å². The number of carboxylic acid groups (broad SMARTS) is 1. The number of pyridine rings is 1. The zero-order valence-corrected chi connectivity index (χ0v) is 14.1. The number of carbonyl (C=O) groups excluding carboxylic acids is 1. The number of aromatic nitrogens is 1. The van der Waals surface area contributed by atoms with Crippen molar-refractivity contribution in [2.75, 3.05) is 13.1 Å². The van der Waals surface area contributed by atoms with E-state index in [-0.39, 0.29) is 13.1 Å². The molecule has 2 amide bonds. The second-order valence-electron chi connectivity index (χ2n) is 6.35. The fourth-order valence-corrected chi connectivity index (χ4v) is 3.21. The maximum Gasteiger partial charge on any atom is 0.407 e. The van der Waals surface area contributed by atoms with Gasteiger partial charge in [0.15, 0.2) is 0 Å². The van der Waals surface area contributed by atoms with Gasteiger partial charge in [0, 0.05) is 29.3 Å². The Morgan fingerprint density at radius 2 is 1.96 bits per heavy atom. The van der Waals surface area contributed by atoms with E-state index < -0.39 is 24.2 Å². The van der Waals surface area contributed by atoms with Crippen molar-refractivity contribution >= 4 is 23.0 Å². The first-order valence-electron chi connectivity index (χ1n) is 8.38. The van der Waals surface area contributed by atoms with Crippen LogP contribution in [-0.2, 0) is 0 Å². The van der Waals surface area contributed by atoms with Crippen LogP contribution in [0.4, 0.5) is 9.18 Å². The Labute approximate surface area is 153 Å². The van der Waals surface area contributed by atoms with Gasteiger partial charge in [0.1, 0.15) is 11.8 Å². The smallest absolute Gasteiger partial charge is 0.407 e. The highest BCUT2D eigenvalue weighted by molar-refractivity contribution is 5.96. The predicted octanol–water partition coefficient (Wildman–Crippen LogP) is 2.92. The number of alkyl halides is 1. The summed E-state index contributed by atoms with van der Waals surface area (Å²) < 4.78 is 19.3. The molecule has 1 aliphatic rings. The van der Waals surface area contributed by atoms with E-state index in [1.54, 1.807) is 42.8 Å². The largest absolute Gasteiger partial charge is 0.465 e. The van der Waals surface area contributed by atoms with Crippen LogP contribution in [0.15, 0.2) is 53.3 Å². The minimum absolute atomic E-state index is 0.0628. The van der Waals surface area contributed by atoms with E-state index in [9.17, 15) is 14.0 Å². The molecule has 1 fully saturated rings. The summed E-state index contributed by atoms with van der Waals surface area (Å²) in [5.74, 6) is -0.448. The Morgan fingerprint density at radius 3 is 2.67 bits per heavy atom. The summed E-state index contributed by atoms with van der Waals surface area (Å²) in [6, 6.07) is 9.52. The molecule has 27 heavy (non-hydrogen) atoms. The van der Waals surface area contributed by atoms with Gasteiger partial charge in [-0.15, -0.1) is 0 Å². The van der Waals surface area contributed by atoms with Crippen molar-refractivity contribution in [1.82, 2.24) is 15.2 Å². The summed E-state index contributed by atoms with van der Waals surface area (Å²) in [7, 11) is 0. The molecule has 7 nitrogen and oxygen atoms in total. The van der Waals surface area contributed by atoms with E-state index in [1.807, 2.05) is 6.07 Å². The third-order valence-corrected chi connectivity index (χ3v) is 4.64. The number of rotatable bonds is 3. The van der Waals surface area contributed by atoms with Gasteiger partial charge in [0.2, 0.25) is 0 Å². The summed E-state index contributed by atoms with van der Waals surface area (Å²) in [5.41, 5.74) is 2.64. The van der Waals surface area contributed by atoms with Crippen molar-refractivity contribution in [3.05, 3.63) is 54.4 Å². The van der Waals surface area contributed by atoms with Crippen LogP contribution in [0.25, 0.3) is 22.2 Å². The van der Waals surface area contributed by atoms with Crippen LogP contribution in [0.2, 0.25) is 0 Å². The number of hydrogen-bond donors (Lipinski definition) is 2. The van der Waals surface area contributed by atoms with Gasteiger partial charge in [-0.1, -0.05) is 12.1 Å². The predicted molar refractivity (Wildman–Crippen MR) is 95.2 cm³/mol. The van der Waals surface area contributed by atoms with Crippen LogP contribution in [0.1, 0.15) is 10.4 Å². The van der Waals surface area contributed by atoms with Crippen molar-refractivity contribution in [1.29, 1.82) is 0 Å². The fourth-order valence-electron chi connectivity index (χ4n) is 3.21. The van der Waals surface area contributed by atoms with Gasteiger partial charge in [0.05, 0.1) is 24.5 Å². The third kappa shape index (κ3) is 3.21. The van der Waals surface area contributed by atoms with Crippen molar-refractivity contribution in [3.63, 3.8) is 0 Å². The van der Waals surface area contributed by atoms with Gasteiger partial charge >= 0.3 is 6.09 Å². The topological polar surface area (TPSA) is 95.7 Å². The second-order valence-corrected chi connectivity index (χ2v) is 6.35. The van der Waals surface area contributed by atoms with Crippen LogP contribution in [0.5, 0.6) is 0 Å². The molecular weight excluding hydrogens is 353 g/mol. The highest BCUT2D eigenvalue weighted by Gasteiger charge is 2.36. The Bertz CT molecular complexity index is 1000. The highest BCUT2D eigenvalue weighted by Crippen LogP contribution is 2.27. The molecule has 0 spiro atoms. The molecule has 3 aromatic rings. The lowest BCUT2D eigenvalue weighted by Crippen LogP contribution is -2.41. The quantitative estimate of drug-likeness (QED) is 0.740. The van der Waals surface area contributed by atoms with E-state index in [1.165, 1.54) is 0 Å². The average Bonchev–Trinajstić information content (AvgIpc) is 3.28. The molecule has 0 saturated carbocycles. The number of fused-ring (bicyclic) bond motifs is 1. The Balaban J connectivity index is 1.50. The summed E-state index contributed by atoms with van der Waals surface area (Å²) >= 11 is 0. The zero-order chi connectivity index (χ0) is 19.0. The molecule has 2 N–H and O–H groups in total. The summed E-state index contributed by atoms with van der Waals surface area (Å²) in [6.07, 6.45) is 0.622. The number of halogens is 1. The maximum absolute atomic E-state index is 13.9. The van der Waals surface area contributed by atoms with Crippen LogP contribution in [-0.4, -0.2) is 52.3 Å². The summed E-state index contributed by atoms with van der Waals surface area (Å²) in [6.45, 7) is -0.299. The molecule has 3 heterocycles. The molecule has 0 unspecified atom stereocenters. The van der Waals surface area contributed by atoms with E-state index in [0.717, 1.165) is 27.1 Å². The van der Waals surface area contributed by atoms with Crippen LogP contribution in [0, 0.1) is 0 Å². The second kappa shape index (κ2) is 6.71. The Morgan fingerprint density at radius 1 is 1.19 bits per heavy atom. The van der Waals surface area contributed by atoms with E-state index in [4.69, 9.17) is 9.52 Å². The molecule has 4 rings (SSSR count). The first-order chi connectivity index (χ1) is 13.0. The molecule has 138 valence electrons. The SMILES string of the molecule is O=C(N[C@@H]1CN(C(=O)O)C[C@@H]1F)c1ccc(-c2nccc3occc23)cc1. The lowest BCUT2D eigenvalue weighted by molar-refractivity contribution is 0.0922. The molecule has 0 aliphatic carbocycles. The summed E-state index contributed by atoms with van der Waals surface area (Å²) in [5, 5.41) is 12.4. The van der Waals surface area contributed by atoms with Crippen molar-refractivity contribution in [2.24, 2.45) is 0 Å². The van der Waals surface area contributed by atoms with E-state index >= 15 is 0 Å². The fraction of sp³-hybridized carbons (Fsp3) is 0.211. The molecule has 1 saturated heterocycles. The minimum atomic E-state index is -1.42. The van der Waals surface area contributed by atoms with Crippen LogP contribution < -0.4 is 5.32 Å². The Hall–Kier alpha value is -3.42. The highest BCUT2D eigenvalue weighted by atomic mass is 19.1. The van der Waals surface area contributed by atoms with Gasteiger partial charge in [-0.3, -0.25) is 9.78 Å². The Kier molecular flexibility index (Phi) is 4.23. The van der Waals surface area contributed by atoms with Crippen LogP contribution >= 0.6 is 0 Å². The number of nitrogens with one attached hydrogen (secondary N) is 1. The first kappa shape index (κ1) is 17.0. The number of amides is 2. The first-order valence-corrected chi connectivity index (χ1v) is 8.38. The van der Waals surface area contributed by atoms with Crippen molar-refractivity contribution in [3.8, 4) is 11.3 Å². The molecule has 1 aromatic carbocycles.